The molecule has 0 aliphatic rings. The van der Waals surface area contributed by atoms with Gasteiger partial charge in [0.25, 0.3) is 5.91 Å². The lowest BCUT2D eigenvalue weighted by atomic mass is 10.2. The molecular formula is C18H23ClFN5OS. The lowest BCUT2D eigenvalue weighted by Crippen LogP contribution is -2.35. The number of amides is 1. The first-order chi connectivity index (χ1) is 12.4. The molecule has 0 fully saturated rings. The molecule has 0 saturated heterocycles. The van der Waals surface area contributed by atoms with Crippen LogP contribution in [0.15, 0.2) is 24.4 Å². The number of hydrogen-bond donors (Lipinski definition) is 0. The molecule has 1 amide bonds. The van der Waals surface area contributed by atoms with Crippen molar-refractivity contribution in [2.24, 2.45) is 7.05 Å². The van der Waals surface area contributed by atoms with Crippen LogP contribution < -0.4 is 4.90 Å². The Balaban J connectivity index is 0.00000261. The number of fused-ring (bicyclic) bond motifs is 1. The number of halogens is 2. The van der Waals surface area contributed by atoms with Crippen LogP contribution in [0.5, 0.6) is 0 Å². The molecular weight excluding hydrogens is 389 g/mol. The molecule has 0 radical (unpaired) electrons. The lowest BCUT2D eigenvalue weighted by molar-refractivity contribution is 0.0976. The zero-order valence-electron chi connectivity index (χ0n) is 15.8. The Morgan fingerprint density at radius 3 is 2.63 bits per heavy atom. The smallest absolute Gasteiger partial charge is 0.278 e. The van der Waals surface area contributed by atoms with Gasteiger partial charge in [0.15, 0.2) is 5.13 Å². The van der Waals surface area contributed by atoms with Gasteiger partial charge in [-0.2, -0.15) is 5.10 Å². The largest absolute Gasteiger partial charge is 0.309 e. The van der Waals surface area contributed by atoms with Gasteiger partial charge >= 0.3 is 0 Å². The van der Waals surface area contributed by atoms with Gasteiger partial charge in [0.2, 0.25) is 0 Å². The maximum Gasteiger partial charge on any atom is 0.278 e. The van der Waals surface area contributed by atoms with Crippen LogP contribution in [0.3, 0.4) is 0 Å². The summed E-state index contributed by atoms with van der Waals surface area (Å²) in [6.07, 6.45) is 2.46. The SMILES string of the molecule is Cc1cnn(C)c1C(=O)N(CCCN(C)C)c1nc2c(F)cccc2s1.Cl. The number of carbonyl (C=O) groups excluding carboxylic acids is 1. The number of hydrogen-bond acceptors (Lipinski definition) is 5. The van der Waals surface area contributed by atoms with Gasteiger partial charge in [-0.15, -0.1) is 12.4 Å². The first-order valence-corrected chi connectivity index (χ1v) is 9.20. The topological polar surface area (TPSA) is 54.3 Å². The third-order valence-electron chi connectivity index (χ3n) is 4.15. The normalized spacial score (nSPS) is 11.0. The molecule has 0 bridgehead atoms. The summed E-state index contributed by atoms with van der Waals surface area (Å²) in [5.74, 6) is -0.539. The number of thiazole rings is 1. The van der Waals surface area contributed by atoms with Gasteiger partial charge in [0, 0.05) is 13.6 Å². The fraction of sp³-hybridized carbons (Fsp3) is 0.389. The van der Waals surface area contributed by atoms with Crippen molar-refractivity contribution in [3.63, 3.8) is 0 Å². The lowest BCUT2D eigenvalue weighted by Gasteiger charge is -2.21. The van der Waals surface area contributed by atoms with Crippen LogP contribution in [0.25, 0.3) is 10.2 Å². The second kappa shape index (κ2) is 8.77. The van der Waals surface area contributed by atoms with Gasteiger partial charge in [-0.25, -0.2) is 9.37 Å². The number of aryl methyl sites for hydroxylation is 2. The molecule has 0 atom stereocenters. The summed E-state index contributed by atoms with van der Waals surface area (Å²) in [5, 5.41) is 4.67. The maximum atomic E-state index is 14.0. The number of benzene rings is 1. The van der Waals surface area contributed by atoms with Crippen molar-refractivity contribution in [1.82, 2.24) is 19.7 Å². The molecule has 6 nitrogen and oxygen atoms in total. The van der Waals surface area contributed by atoms with E-state index in [9.17, 15) is 9.18 Å². The second-order valence-corrected chi connectivity index (χ2v) is 7.51. The minimum Gasteiger partial charge on any atom is -0.309 e. The molecule has 2 heterocycles. The van der Waals surface area contributed by atoms with E-state index in [-0.39, 0.29) is 24.1 Å². The number of rotatable bonds is 6. The summed E-state index contributed by atoms with van der Waals surface area (Å²) in [7, 11) is 5.73. The highest BCUT2D eigenvalue weighted by Gasteiger charge is 2.25. The summed E-state index contributed by atoms with van der Waals surface area (Å²) in [6, 6.07) is 4.86. The average Bonchev–Trinajstić information content (AvgIpc) is 3.15. The molecule has 0 spiro atoms. The fourth-order valence-corrected chi connectivity index (χ4v) is 3.83. The Morgan fingerprint density at radius 1 is 1.30 bits per heavy atom. The van der Waals surface area contributed by atoms with E-state index < -0.39 is 0 Å². The predicted octanol–water partition coefficient (Wildman–Crippen LogP) is 3.50. The average molecular weight is 412 g/mol. The van der Waals surface area contributed by atoms with Crippen molar-refractivity contribution >= 4 is 45.0 Å². The van der Waals surface area contributed by atoms with Crippen LogP contribution in [0.2, 0.25) is 0 Å². The highest BCUT2D eigenvalue weighted by Crippen LogP contribution is 2.31. The van der Waals surface area contributed by atoms with E-state index in [1.807, 2.05) is 27.1 Å². The van der Waals surface area contributed by atoms with E-state index in [2.05, 4.69) is 15.0 Å². The van der Waals surface area contributed by atoms with Crippen molar-refractivity contribution in [3.8, 4) is 0 Å². The van der Waals surface area contributed by atoms with Crippen LogP contribution in [-0.4, -0.2) is 52.8 Å². The number of nitrogens with zero attached hydrogens (tertiary/aromatic N) is 5. The standard InChI is InChI=1S/C18H22FN5OS.ClH/c1-12-11-20-23(4)16(12)17(25)24(10-6-9-22(2)3)18-21-15-13(19)7-5-8-14(15)26-18;/h5,7-8,11H,6,9-10H2,1-4H3;1H. The van der Waals surface area contributed by atoms with Gasteiger partial charge in [0.05, 0.1) is 10.9 Å². The molecule has 0 aliphatic carbocycles. The Kier molecular flexibility index (Phi) is 6.91. The summed E-state index contributed by atoms with van der Waals surface area (Å²) in [6.45, 7) is 3.20. The molecule has 3 aromatic rings. The quantitative estimate of drug-likeness (QED) is 0.623. The van der Waals surface area contributed by atoms with Crippen molar-refractivity contribution in [2.75, 3.05) is 32.1 Å². The fourth-order valence-electron chi connectivity index (χ4n) is 2.83. The monoisotopic (exact) mass is 411 g/mol. The Labute approximate surface area is 168 Å². The first-order valence-electron chi connectivity index (χ1n) is 8.38. The molecule has 0 saturated carbocycles. The van der Waals surface area contributed by atoms with Crippen LogP contribution >= 0.6 is 23.7 Å². The zero-order chi connectivity index (χ0) is 18.8. The van der Waals surface area contributed by atoms with E-state index in [0.29, 0.717) is 22.9 Å². The number of aromatic nitrogens is 3. The molecule has 1 aromatic carbocycles. The number of anilines is 1. The van der Waals surface area contributed by atoms with Crippen molar-refractivity contribution in [2.45, 2.75) is 13.3 Å². The van der Waals surface area contributed by atoms with Gasteiger partial charge in [0.1, 0.15) is 17.0 Å². The third-order valence-corrected chi connectivity index (χ3v) is 5.19. The predicted molar refractivity (Wildman–Crippen MR) is 110 cm³/mol. The van der Waals surface area contributed by atoms with E-state index in [4.69, 9.17) is 0 Å². The minimum atomic E-state index is -0.373. The second-order valence-electron chi connectivity index (χ2n) is 6.50. The van der Waals surface area contributed by atoms with Gasteiger partial charge in [-0.3, -0.25) is 14.4 Å². The van der Waals surface area contributed by atoms with Gasteiger partial charge < -0.3 is 4.90 Å². The molecule has 3 rings (SSSR count). The molecule has 27 heavy (non-hydrogen) atoms. The van der Waals surface area contributed by atoms with Crippen molar-refractivity contribution < 1.29 is 9.18 Å². The van der Waals surface area contributed by atoms with E-state index >= 15 is 0 Å². The van der Waals surface area contributed by atoms with Gasteiger partial charge in [-0.05, 0) is 51.7 Å². The van der Waals surface area contributed by atoms with Crippen LogP contribution in [0.4, 0.5) is 9.52 Å². The summed E-state index contributed by atoms with van der Waals surface area (Å²) in [5.41, 5.74) is 1.64. The summed E-state index contributed by atoms with van der Waals surface area (Å²) in [4.78, 5) is 21.3. The number of para-hydroxylation sites is 1. The third kappa shape index (κ3) is 4.45. The zero-order valence-corrected chi connectivity index (χ0v) is 17.4. The Bertz CT molecular complexity index is 920. The molecule has 146 valence electrons. The van der Waals surface area contributed by atoms with Crippen molar-refractivity contribution in [1.29, 1.82) is 0 Å². The van der Waals surface area contributed by atoms with E-state index in [0.717, 1.165) is 23.2 Å². The highest BCUT2D eigenvalue weighted by atomic mass is 35.5. The first kappa shape index (κ1) is 21.3. The van der Waals surface area contributed by atoms with Crippen molar-refractivity contribution in [3.05, 3.63) is 41.5 Å². The molecule has 9 heteroatoms. The number of carbonyl (C=O) groups is 1. The summed E-state index contributed by atoms with van der Waals surface area (Å²) >= 11 is 1.33. The van der Waals surface area contributed by atoms with E-state index in [1.54, 1.807) is 28.9 Å². The van der Waals surface area contributed by atoms with Crippen LogP contribution in [-0.2, 0) is 7.05 Å². The molecule has 0 N–H and O–H groups in total. The molecule has 0 aliphatic heterocycles. The molecule has 0 unspecified atom stereocenters. The highest BCUT2D eigenvalue weighted by molar-refractivity contribution is 7.22. The minimum absolute atomic E-state index is 0. The summed E-state index contributed by atoms with van der Waals surface area (Å²) < 4.78 is 16.3. The Morgan fingerprint density at radius 2 is 2.04 bits per heavy atom. The maximum absolute atomic E-state index is 14.0. The van der Waals surface area contributed by atoms with Crippen LogP contribution in [0.1, 0.15) is 22.5 Å². The van der Waals surface area contributed by atoms with E-state index in [1.165, 1.54) is 17.4 Å². The molecule has 2 aromatic heterocycles. The Hall–Kier alpha value is -2.03. The van der Waals surface area contributed by atoms with Crippen LogP contribution in [0, 0.1) is 12.7 Å². The van der Waals surface area contributed by atoms with Gasteiger partial charge in [-0.1, -0.05) is 17.4 Å².